The van der Waals surface area contributed by atoms with Gasteiger partial charge in [-0.15, -0.1) is 0 Å². The van der Waals surface area contributed by atoms with Crippen LogP contribution in [0.3, 0.4) is 0 Å². The fraction of sp³-hybridized carbons (Fsp3) is 0.455. The molecule has 0 N–H and O–H groups in total. The van der Waals surface area contributed by atoms with Crippen LogP contribution in [0.15, 0.2) is 170 Å². The van der Waals surface area contributed by atoms with Crippen LogP contribution in [0, 0.1) is 47.3 Å². The molecule has 5 heterocycles. The average molecular weight is 1350 g/mol. The van der Waals surface area contributed by atoms with Crippen molar-refractivity contribution in [3.8, 4) is 33.6 Å². The van der Waals surface area contributed by atoms with Gasteiger partial charge < -0.3 is 37.1 Å². The zero-order valence-electron chi connectivity index (χ0n) is 59.3. The number of nitrogens with zero attached hydrogens (tertiary/aromatic N) is 2. The number of hydrogen-bond acceptors (Lipinski definition) is 6. The molecule has 10 aromatic rings. The summed E-state index contributed by atoms with van der Waals surface area (Å²) in [5.74, 6) is 6.89. The number of aromatic nitrogens is 2. The van der Waals surface area contributed by atoms with Crippen molar-refractivity contribution in [1.29, 1.82) is 0 Å². The van der Waals surface area contributed by atoms with Crippen LogP contribution in [0.4, 0.5) is 0 Å². The minimum absolute atomic E-state index is 0. The average Bonchev–Trinajstić information content (AvgIpc) is 1.46. The Labute approximate surface area is 599 Å². The maximum atomic E-state index is 6.47. The molecule has 2 spiro atoms. The Morgan fingerprint density at radius 3 is 1.06 bits per heavy atom. The van der Waals surface area contributed by atoms with Crippen molar-refractivity contribution < 1.29 is 27.9 Å². The molecule has 0 atom stereocenters. The fourth-order valence-electron chi connectivity index (χ4n) is 22.2. The van der Waals surface area contributed by atoms with Gasteiger partial charge in [-0.2, -0.15) is 0 Å². The van der Waals surface area contributed by atoms with Crippen LogP contribution in [-0.2, 0) is 38.8 Å². The Balaban J connectivity index is 0.000000120. The van der Waals surface area contributed by atoms with E-state index in [4.69, 9.17) is 39.5 Å². The van der Waals surface area contributed by atoms with Crippen LogP contribution < -0.4 is 5.46 Å². The van der Waals surface area contributed by atoms with Crippen molar-refractivity contribution in [3.63, 3.8) is 0 Å². The van der Waals surface area contributed by atoms with Gasteiger partial charge in [-0.05, 0) is 305 Å². The maximum absolute atomic E-state index is 6.47. The summed E-state index contributed by atoms with van der Waals surface area (Å²) in [6.45, 7) is 24.7. The van der Waals surface area contributed by atoms with Gasteiger partial charge in [0, 0.05) is 48.8 Å². The van der Waals surface area contributed by atoms with Crippen molar-refractivity contribution in [1.82, 2.24) is 9.13 Å². The highest BCUT2D eigenvalue weighted by Crippen LogP contribution is 2.71. The number of hydrogen-bond donors (Lipinski definition) is 0. The molecule has 0 unspecified atom stereocenters. The third-order valence-corrected chi connectivity index (χ3v) is 28.4. The topological polar surface area (TPSA) is 65.2 Å². The van der Waals surface area contributed by atoms with Crippen molar-refractivity contribution in [2.24, 2.45) is 47.3 Å². The molecule has 2 aromatic heterocycles. The van der Waals surface area contributed by atoms with Gasteiger partial charge in [-0.1, -0.05) is 136 Å². The van der Waals surface area contributed by atoms with E-state index in [1.807, 2.05) is 61.5 Å². The third-order valence-electron chi connectivity index (χ3n) is 28.2. The standard InChI is InChI=1S/C40H40BNO2.C34H28ClN.C12H24B2O4.2CH4/c1-38(2)39(3,4)44-41(43-38)28-13-16-37-33(22-28)32-10-6-8-12-36(32)42(37)29-14-15-31-30-9-5-7-11-34(30)40(35(31)23-29)26-18-24-17-25(20-26)21-27(40)19-24;35-24-9-12-33-29(18-24)28-6-2-4-8-32(28)36(33)25-10-11-27-26-5-1-3-7-30(26)34(31(27)19-25)22-14-20-13-21(16-22)17-23(34)15-20;1-9(2)10(3,4)16-13(15-9)14-17-11(5,6)12(7,8)18-14;;/h5-16,22-27H,17-21H2,1-4H3;1-12,18-23H,13-17H2;1-8H3;2*1H4. The molecule has 8 saturated carbocycles. The molecule has 100 heavy (non-hydrogen) atoms. The van der Waals surface area contributed by atoms with E-state index in [0.717, 1.165) is 57.8 Å². The molecular formula is C88H100B3ClN2O6. The Morgan fingerprint density at radius 1 is 0.320 bits per heavy atom. The van der Waals surface area contributed by atoms with Gasteiger partial charge in [0.1, 0.15) is 0 Å². The second kappa shape index (κ2) is 22.8. The smallest absolute Gasteiger partial charge is 0.405 e. The highest BCUT2D eigenvalue weighted by atomic mass is 35.5. The summed E-state index contributed by atoms with van der Waals surface area (Å²) in [7, 11) is -1.33. The zero-order valence-corrected chi connectivity index (χ0v) is 60.1. The van der Waals surface area contributed by atoms with Crippen LogP contribution in [0.1, 0.15) is 184 Å². The molecule has 11 fully saturated rings. The summed E-state index contributed by atoms with van der Waals surface area (Å²) in [6, 6.07) is 64.4. The molecule has 23 rings (SSSR count). The lowest BCUT2D eigenvalue weighted by molar-refractivity contribution is -0.0399. The fourth-order valence-corrected chi connectivity index (χ4v) is 22.3. The summed E-state index contributed by atoms with van der Waals surface area (Å²) in [6.07, 6.45) is 14.2. The lowest BCUT2D eigenvalue weighted by Crippen LogP contribution is -2.55. The van der Waals surface area contributed by atoms with Gasteiger partial charge in [0.2, 0.25) is 0 Å². The Morgan fingerprint density at radius 2 is 0.650 bits per heavy atom. The second-order valence-corrected chi connectivity index (χ2v) is 35.3. The predicted octanol–water partition coefficient (Wildman–Crippen LogP) is 21.5. The quantitative estimate of drug-likeness (QED) is 0.164. The lowest BCUT2D eigenvalue weighted by Gasteiger charge is -2.61. The van der Waals surface area contributed by atoms with Gasteiger partial charge in [-0.3, -0.25) is 0 Å². The highest BCUT2D eigenvalue weighted by Gasteiger charge is 2.66. The first-order valence-corrected chi connectivity index (χ1v) is 37.5. The monoisotopic (exact) mass is 1350 g/mol. The molecule has 0 amide bonds. The number of fused-ring (bicyclic) bond motifs is 12. The van der Waals surface area contributed by atoms with E-state index in [1.54, 1.807) is 22.3 Å². The third kappa shape index (κ3) is 9.42. The summed E-state index contributed by atoms with van der Waals surface area (Å²) in [5.41, 5.74) is 19.2. The lowest BCUT2D eigenvalue weighted by atomic mass is 9.43. The van der Waals surface area contributed by atoms with Gasteiger partial charge in [0.25, 0.3) is 0 Å². The van der Waals surface area contributed by atoms with Gasteiger partial charge in [-0.25, -0.2) is 0 Å². The van der Waals surface area contributed by atoms with Crippen LogP contribution in [0.2, 0.25) is 5.02 Å². The summed E-state index contributed by atoms with van der Waals surface area (Å²) < 4.78 is 41.8. The van der Waals surface area contributed by atoms with Crippen molar-refractivity contribution in [3.05, 3.63) is 197 Å². The number of halogens is 1. The van der Waals surface area contributed by atoms with E-state index in [0.29, 0.717) is 0 Å². The van der Waals surface area contributed by atoms with E-state index in [-0.39, 0.29) is 66.4 Å². The van der Waals surface area contributed by atoms with E-state index in [9.17, 15) is 0 Å². The molecule has 8 nitrogen and oxygen atoms in total. The second-order valence-electron chi connectivity index (χ2n) is 34.9. The zero-order chi connectivity index (χ0) is 67.2. The predicted molar refractivity (Wildman–Crippen MR) is 414 cm³/mol. The normalized spacial score (nSPS) is 29.8. The van der Waals surface area contributed by atoms with Gasteiger partial charge in [0.15, 0.2) is 0 Å². The Hall–Kier alpha value is -6.40. The molecule has 514 valence electrons. The molecule has 3 saturated heterocycles. The van der Waals surface area contributed by atoms with Crippen molar-refractivity contribution in [2.75, 3.05) is 0 Å². The van der Waals surface area contributed by atoms with E-state index in [1.165, 1.54) is 141 Å². The van der Waals surface area contributed by atoms with E-state index >= 15 is 0 Å². The summed E-state index contributed by atoms with van der Waals surface area (Å²) >= 11 is 6.46. The summed E-state index contributed by atoms with van der Waals surface area (Å²) in [4.78, 5) is 0. The van der Waals surface area contributed by atoms with Gasteiger partial charge in [0.05, 0.1) is 55.7 Å². The van der Waals surface area contributed by atoms with Crippen LogP contribution >= 0.6 is 11.6 Å². The molecule has 0 radical (unpaired) electrons. The summed E-state index contributed by atoms with van der Waals surface area (Å²) in [5, 5.41) is 5.81. The van der Waals surface area contributed by atoms with Crippen LogP contribution in [0.25, 0.3) is 77.2 Å². The molecule has 8 aromatic carbocycles. The SMILES string of the molecule is C.C.CC1(C)OB(B2OC(C)(C)C(C)(C)O2)OC1(C)C.CC1(C)OB(c2ccc3c(c2)c2ccccc2n3-c2ccc3c(c2)C2(c4ccccc4-3)C3CC4CC(C3)CC2C4)OC1(C)C.Clc1ccc2c(c1)c1ccccc1n2-c1ccc2c(c1)C1(c3ccccc3-2)C2CC3CC(C2)CC1C3. The van der Waals surface area contributed by atoms with E-state index in [2.05, 4.69) is 201 Å². The molecule has 3 aliphatic heterocycles. The highest BCUT2D eigenvalue weighted by molar-refractivity contribution is 7.11. The van der Waals surface area contributed by atoms with Crippen molar-refractivity contribution in [2.45, 2.75) is 207 Å². The first-order valence-electron chi connectivity index (χ1n) is 37.1. The first-order chi connectivity index (χ1) is 46.8. The van der Waals surface area contributed by atoms with Gasteiger partial charge >= 0.3 is 21.1 Å². The van der Waals surface area contributed by atoms with Crippen LogP contribution in [0.5, 0.6) is 0 Å². The minimum atomic E-state index is -0.476. The molecular weight excluding hydrogens is 1250 g/mol. The number of benzene rings is 8. The Bertz CT molecular complexity index is 4820. The largest absolute Gasteiger partial charge is 0.494 e. The molecule has 12 heteroatoms. The molecule has 13 aliphatic rings. The van der Waals surface area contributed by atoms with E-state index < -0.39 is 14.0 Å². The van der Waals surface area contributed by atoms with Crippen molar-refractivity contribution >= 4 is 81.8 Å². The minimum Gasteiger partial charge on any atom is -0.405 e. The first kappa shape index (κ1) is 66.8. The number of rotatable bonds is 4. The number of para-hydroxylation sites is 2. The van der Waals surface area contributed by atoms with Crippen LogP contribution in [-0.4, -0.2) is 63.9 Å². The molecule has 10 aliphatic carbocycles. The maximum Gasteiger partial charge on any atom is 0.494 e. The molecule has 8 bridgehead atoms. The Kier molecular flexibility index (Phi) is 15.2.